The van der Waals surface area contributed by atoms with Gasteiger partial charge in [-0.1, -0.05) is 11.6 Å². The Kier molecular flexibility index (Phi) is 5.14. The summed E-state index contributed by atoms with van der Waals surface area (Å²) in [5, 5.41) is 3.48. The van der Waals surface area contributed by atoms with E-state index in [1.54, 1.807) is 4.90 Å². The molecule has 1 aromatic carbocycles. The van der Waals surface area contributed by atoms with Crippen molar-refractivity contribution in [2.45, 2.75) is 13.0 Å². The average Bonchev–Trinajstić information content (AvgIpc) is 2.68. The van der Waals surface area contributed by atoms with E-state index in [2.05, 4.69) is 10.1 Å². The maximum atomic E-state index is 12.4. The van der Waals surface area contributed by atoms with Crippen molar-refractivity contribution in [3.63, 3.8) is 0 Å². The van der Waals surface area contributed by atoms with Crippen molar-refractivity contribution < 1.29 is 18.3 Å². The lowest BCUT2D eigenvalue weighted by molar-refractivity contribution is -0.0502. The van der Waals surface area contributed by atoms with Gasteiger partial charge >= 0.3 is 6.61 Å². The lowest BCUT2D eigenvalue weighted by atomic mass is 10.1. The summed E-state index contributed by atoms with van der Waals surface area (Å²) in [6, 6.07) is 4.07. The predicted molar refractivity (Wildman–Crippen MR) is 71.5 cm³/mol. The number of nitrogens with zero attached hydrogens (tertiary/aromatic N) is 1. The highest BCUT2D eigenvalue weighted by Gasteiger charge is 2.22. The second-order valence-corrected chi connectivity index (χ2v) is 4.85. The Morgan fingerprint density at radius 2 is 2.15 bits per heavy atom. The SMILES string of the molecule is O=C(c1cc(Cl)ccc1OC(F)F)N1CCCNCC1. The predicted octanol–water partition coefficient (Wildman–Crippen LogP) is 2.38. The maximum Gasteiger partial charge on any atom is 0.387 e. The molecule has 0 saturated carbocycles. The Hall–Kier alpha value is -1.40. The molecule has 1 aromatic rings. The minimum absolute atomic E-state index is 0.0692. The summed E-state index contributed by atoms with van der Waals surface area (Å²) >= 11 is 5.84. The third-order valence-electron chi connectivity index (χ3n) is 3.02. The molecular formula is C13H15ClF2N2O2. The Balaban J connectivity index is 2.24. The number of carbonyl (C=O) groups excluding carboxylic acids is 1. The largest absolute Gasteiger partial charge is 0.434 e. The molecule has 0 unspecified atom stereocenters. The zero-order valence-electron chi connectivity index (χ0n) is 10.7. The molecule has 1 aliphatic heterocycles. The lowest BCUT2D eigenvalue weighted by Crippen LogP contribution is -2.34. The number of amides is 1. The Bertz CT molecular complexity index is 477. The number of halogens is 3. The first-order valence-corrected chi connectivity index (χ1v) is 6.70. The highest BCUT2D eigenvalue weighted by atomic mass is 35.5. The number of carbonyl (C=O) groups is 1. The molecule has 20 heavy (non-hydrogen) atoms. The molecule has 1 fully saturated rings. The van der Waals surface area contributed by atoms with Crippen molar-refractivity contribution >= 4 is 17.5 Å². The fourth-order valence-corrected chi connectivity index (χ4v) is 2.26. The highest BCUT2D eigenvalue weighted by Crippen LogP contribution is 2.26. The molecule has 0 aromatic heterocycles. The third kappa shape index (κ3) is 3.80. The normalized spacial score (nSPS) is 16.1. The number of hydrogen-bond acceptors (Lipinski definition) is 3. The molecule has 0 radical (unpaired) electrons. The van der Waals surface area contributed by atoms with Gasteiger partial charge in [-0.3, -0.25) is 4.79 Å². The molecule has 1 heterocycles. The first-order chi connectivity index (χ1) is 9.58. The van der Waals surface area contributed by atoms with Gasteiger partial charge in [-0.25, -0.2) is 0 Å². The molecule has 4 nitrogen and oxygen atoms in total. The zero-order chi connectivity index (χ0) is 14.5. The van der Waals surface area contributed by atoms with E-state index in [0.717, 1.165) is 13.0 Å². The molecule has 110 valence electrons. The van der Waals surface area contributed by atoms with Crippen LogP contribution in [0.1, 0.15) is 16.8 Å². The van der Waals surface area contributed by atoms with Crippen LogP contribution in [0.25, 0.3) is 0 Å². The van der Waals surface area contributed by atoms with Gasteiger partial charge in [0.25, 0.3) is 5.91 Å². The van der Waals surface area contributed by atoms with Crippen LogP contribution in [0.3, 0.4) is 0 Å². The molecule has 0 spiro atoms. The Morgan fingerprint density at radius 3 is 2.90 bits per heavy atom. The number of rotatable bonds is 3. The van der Waals surface area contributed by atoms with E-state index in [1.807, 2.05) is 0 Å². The molecule has 7 heteroatoms. The van der Waals surface area contributed by atoms with Crippen molar-refractivity contribution in [3.8, 4) is 5.75 Å². The van der Waals surface area contributed by atoms with E-state index in [9.17, 15) is 13.6 Å². The standard InChI is InChI=1S/C13H15ClF2N2O2/c14-9-2-3-11(20-13(15)16)10(8-9)12(19)18-6-1-4-17-5-7-18/h2-3,8,13,17H,1,4-7H2. The van der Waals surface area contributed by atoms with E-state index in [-0.39, 0.29) is 17.2 Å². The number of alkyl halides is 2. The van der Waals surface area contributed by atoms with E-state index >= 15 is 0 Å². The molecule has 0 bridgehead atoms. The first kappa shape index (κ1) is 15.0. The fourth-order valence-electron chi connectivity index (χ4n) is 2.09. The minimum atomic E-state index is -2.98. The molecule has 1 aliphatic rings. The van der Waals surface area contributed by atoms with Crippen LogP contribution in [-0.2, 0) is 0 Å². The van der Waals surface area contributed by atoms with E-state index < -0.39 is 6.61 Å². The number of ether oxygens (including phenoxy) is 1. The van der Waals surface area contributed by atoms with Crippen LogP contribution in [0, 0.1) is 0 Å². The molecule has 0 aliphatic carbocycles. The van der Waals surface area contributed by atoms with E-state index in [1.165, 1.54) is 18.2 Å². The monoisotopic (exact) mass is 304 g/mol. The van der Waals surface area contributed by atoms with Crippen LogP contribution in [0.4, 0.5) is 8.78 Å². The van der Waals surface area contributed by atoms with Crippen LogP contribution in [-0.4, -0.2) is 43.6 Å². The van der Waals surface area contributed by atoms with Gasteiger partial charge in [0, 0.05) is 24.7 Å². The van der Waals surface area contributed by atoms with Gasteiger partial charge in [0.05, 0.1) is 5.56 Å². The van der Waals surface area contributed by atoms with Gasteiger partial charge in [0.2, 0.25) is 0 Å². The summed E-state index contributed by atoms with van der Waals surface area (Å²) in [5.41, 5.74) is 0.0692. The quantitative estimate of drug-likeness (QED) is 0.932. The highest BCUT2D eigenvalue weighted by molar-refractivity contribution is 6.31. The molecule has 2 rings (SSSR count). The van der Waals surface area contributed by atoms with Crippen molar-refractivity contribution in [1.82, 2.24) is 10.2 Å². The Labute approximate surface area is 120 Å². The van der Waals surface area contributed by atoms with Crippen LogP contribution in [0.15, 0.2) is 18.2 Å². The Morgan fingerprint density at radius 1 is 1.35 bits per heavy atom. The van der Waals surface area contributed by atoms with Crippen molar-refractivity contribution in [2.75, 3.05) is 26.2 Å². The van der Waals surface area contributed by atoms with E-state index in [0.29, 0.717) is 24.7 Å². The van der Waals surface area contributed by atoms with Crippen LogP contribution in [0.2, 0.25) is 5.02 Å². The van der Waals surface area contributed by atoms with Gasteiger partial charge in [-0.05, 0) is 31.2 Å². The van der Waals surface area contributed by atoms with Gasteiger partial charge in [-0.2, -0.15) is 8.78 Å². The number of hydrogen-bond donors (Lipinski definition) is 1. The molecule has 1 N–H and O–H groups in total. The fraction of sp³-hybridized carbons (Fsp3) is 0.462. The van der Waals surface area contributed by atoms with Crippen molar-refractivity contribution in [2.24, 2.45) is 0 Å². The summed E-state index contributed by atoms with van der Waals surface area (Å²) in [7, 11) is 0. The second kappa shape index (κ2) is 6.85. The molecule has 0 atom stereocenters. The average molecular weight is 305 g/mol. The summed E-state index contributed by atoms with van der Waals surface area (Å²) in [6.07, 6.45) is 0.817. The summed E-state index contributed by atoms with van der Waals surface area (Å²) in [6.45, 7) is -0.364. The summed E-state index contributed by atoms with van der Waals surface area (Å²) in [4.78, 5) is 14.0. The van der Waals surface area contributed by atoms with Gasteiger partial charge in [-0.15, -0.1) is 0 Å². The molecule has 1 saturated heterocycles. The third-order valence-corrected chi connectivity index (χ3v) is 3.25. The van der Waals surface area contributed by atoms with Gasteiger partial charge in [0.1, 0.15) is 5.75 Å². The van der Waals surface area contributed by atoms with Gasteiger partial charge in [0.15, 0.2) is 0 Å². The van der Waals surface area contributed by atoms with Crippen molar-refractivity contribution in [3.05, 3.63) is 28.8 Å². The second-order valence-electron chi connectivity index (χ2n) is 4.41. The number of benzene rings is 1. The smallest absolute Gasteiger partial charge is 0.387 e. The van der Waals surface area contributed by atoms with Gasteiger partial charge < -0.3 is 15.0 Å². The maximum absolute atomic E-state index is 12.4. The van der Waals surface area contributed by atoms with Crippen LogP contribution >= 0.6 is 11.6 Å². The van der Waals surface area contributed by atoms with Crippen LogP contribution < -0.4 is 10.1 Å². The van der Waals surface area contributed by atoms with Crippen LogP contribution in [0.5, 0.6) is 5.75 Å². The zero-order valence-corrected chi connectivity index (χ0v) is 11.5. The molecule has 1 amide bonds. The first-order valence-electron chi connectivity index (χ1n) is 6.32. The summed E-state index contributed by atoms with van der Waals surface area (Å²) in [5.74, 6) is -0.488. The minimum Gasteiger partial charge on any atom is -0.434 e. The molecular weight excluding hydrogens is 290 g/mol. The topological polar surface area (TPSA) is 41.6 Å². The van der Waals surface area contributed by atoms with Crippen molar-refractivity contribution in [1.29, 1.82) is 0 Å². The summed E-state index contributed by atoms with van der Waals surface area (Å²) < 4.78 is 29.2. The lowest BCUT2D eigenvalue weighted by Gasteiger charge is -2.21. The van der Waals surface area contributed by atoms with E-state index in [4.69, 9.17) is 11.6 Å². The number of nitrogens with one attached hydrogen (secondary N) is 1.